The number of carbonyl (C=O) groups is 3. The number of likely N-dealkylation sites (N-methyl/N-ethyl adjacent to an activating group) is 2. The number of carboxylic acid groups (broad SMARTS) is 1. The number of benzene rings is 3. The van der Waals surface area contributed by atoms with Gasteiger partial charge in [0.2, 0.25) is 11.8 Å². The fourth-order valence-corrected chi connectivity index (χ4v) is 4.75. The SMILES string of the molecule is CN(CCc1ccccc1OCCO)C(=O)[C@@H](Cc1ccc2ccccc2c1)N(C)C(=O)/C=C/CC(C)(C)N(C)C(=O)O. The molecule has 0 aliphatic heterocycles. The molecule has 1 atom stereocenters. The molecule has 2 N–H and O–H groups in total. The van der Waals surface area contributed by atoms with Crippen LogP contribution in [0.2, 0.25) is 0 Å². The fraction of sp³-hybridized carbons (Fsp3) is 0.382. The van der Waals surface area contributed by atoms with E-state index in [1.54, 1.807) is 38.9 Å². The van der Waals surface area contributed by atoms with Crippen LogP contribution in [0.25, 0.3) is 10.8 Å². The van der Waals surface area contributed by atoms with E-state index in [1.165, 1.54) is 22.9 Å². The Labute approximate surface area is 254 Å². The second-order valence-corrected chi connectivity index (χ2v) is 11.3. The molecule has 9 nitrogen and oxygen atoms in total. The molecule has 3 aromatic rings. The lowest BCUT2D eigenvalue weighted by Crippen LogP contribution is -2.49. The summed E-state index contributed by atoms with van der Waals surface area (Å²) in [5, 5.41) is 20.6. The third-order valence-electron chi connectivity index (χ3n) is 7.83. The number of rotatable bonds is 14. The molecule has 0 aromatic heterocycles. The maximum Gasteiger partial charge on any atom is 0.407 e. The molecule has 0 radical (unpaired) electrons. The topological polar surface area (TPSA) is 111 Å². The van der Waals surface area contributed by atoms with Gasteiger partial charge in [0.15, 0.2) is 0 Å². The van der Waals surface area contributed by atoms with E-state index in [0.717, 1.165) is 21.9 Å². The first-order valence-electron chi connectivity index (χ1n) is 14.4. The minimum atomic E-state index is -1.05. The van der Waals surface area contributed by atoms with Gasteiger partial charge in [-0.05, 0) is 60.7 Å². The average Bonchev–Trinajstić information content (AvgIpc) is 3.00. The summed E-state index contributed by atoms with van der Waals surface area (Å²) < 4.78 is 5.65. The Hall–Kier alpha value is -4.37. The zero-order valence-corrected chi connectivity index (χ0v) is 25.7. The van der Waals surface area contributed by atoms with E-state index in [9.17, 15) is 19.5 Å². The van der Waals surface area contributed by atoms with Crippen LogP contribution in [0.15, 0.2) is 78.9 Å². The van der Waals surface area contributed by atoms with E-state index in [4.69, 9.17) is 9.84 Å². The second kappa shape index (κ2) is 15.2. The van der Waals surface area contributed by atoms with Crippen molar-refractivity contribution in [1.82, 2.24) is 14.7 Å². The normalized spacial score (nSPS) is 12.2. The second-order valence-electron chi connectivity index (χ2n) is 11.3. The largest absolute Gasteiger partial charge is 0.491 e. The molecule has 0 bridgehead atoms. The van der Waals surface area contributed by atoms with E-state index < -0.39 is 17.7 Å². The standard InChI is InChI=1S/C34H43N3O6/c1-34(2,37(5)33(41)42)19-10-15-31(39)36(4)29(24-25-16-17-26-11-6-7-13-28(26)23-25)32(40)35(3)20-18-27-12-8-9-14-30(27)43-22-21-38/h6-17,23,29,38H,18-22,24H2,1-5H3,(H,41,42)/b15-10+/t29-/m1/s1. The molecule has 3 amide bonds. The predicted octanol–water partition coefficient (Wildman–Crippen LogP) is 4.62. The number of amides is 3. The van der Waals surface area contributed by atoms with Crippen LogP contribution in [0.4, 0.5) is 4.79 Å². The Morgan fingerprint density at radius 1 is 0.953 bits per heavy atom. The summed E-state index contributed by atoms with van der Waals surface area (Å²) in [6, 6.07) is 20.8. The Morgan fingerprint density at radius 3 is 2.33 bits per heavy atom. The number of fused-ring (bicyclic) bond motifs is 1. The minimum Gasteiger partial charge on any atom is -0.491 e. The number of para-hydroxylation sites is 1. The molecular formula is C34H43N3O6. The van der Waals surface area contributed by atoms with Crippen LogP contribution in [0.3, 0.4) is 0 Å². The van der Waals surface area contributed by atoms with Crippen molar-refractivity contribution in [3.63, 3.8) is 0 Å². The highest BCUT2D eigenvalue weighted by Gasteiger charge is 2.30. The average molecular weight is 590 g/mol. The molecule has 9 heteroatoms. The van der Waals surface area contributed by atoms with Gasteiger partial charge >= 0.3 is 6.09 Å². The maximum atomic E-state index is 13.9. The minimum absolute atomic E-state index is 0.0915. The van der Waals surface area contributed by atoms with E-state index >= 15 is 0 Å². The van der Waals surface area contributed by atoms with Crippen molar-refractivity contribution in [2.24, 2.45) is 0 Å². The molecule has 0 heterocycles. The Bertz CT molecular complexity index is 1440. The highest BCUT2D eigenvalue weighted by Crippen LogP contribution is 2.22. The lowest BCUT2D eigenvalue weighted by molar-refractivity contribution is -0.141. The van der Waals surface area contributed by atoms with Gasteiger partial charge in [-0.3, -0.25) is 9.59 Å². The Balaban J connectivity index is 1.80. The number of aliphatic hydroxyl groups excluding tert-OH is 1. The van der Waals surface area contributed by atoms with Gasteiger partial charge in [0.25, 0.3) is 0 Å². The van der Waals surface area contributed by atoms with E-state index in [0.29, 0.717) is 31.6 Å². The smallest absolute Gasteiger partial charge is 0.407 e. The molecule has 0 aliphatic carbocycles. The van der Waals surface area contributed by atoms with Gasteiger partial charge in [-0.15, -0.1) is 0 Å². The number of ether oxygens (including phenoxy) is 1. The van der Waals surface area contributed by atoms with Crippen LogP contribution in [0, 0.1) is 0 Å². The van der Waals surface area contributed by atoms with Crippen molar-refractivity contribution >= 4 is 28.7 Å². The lowest BCUT2D eigenvalue weighted by atomic mass is 9.98. The summed E-state index contributed by atoms with van der Waals surface area (Å²) in [5.74, 6) is 0.125. The van der Waals surface area contributed by atoms with Crippen LogP contribution in [0.5, 0.6) is 5.75 Å². The summed E-state index contributed by atoms with van der Waals surface area (Å²) in [6.45, 7) is 4.07. The van der Waals surface area contributed by atoms with Gasteiger partial charge in [0, 0.05) is 39.6 Å². The number of hydrogen-bond donors (Lipinski definition) is 2. The quantitative estimate of drug-likeness (QED) is 0.266. The number of hydrogen-bond acceptors (Lipinski definition) is 5. The third kappa shape index (κ3) is 9.06. The van der Waals surface area contributed by atoms with Gasteiger partial charge in [-0.25, -0.2) is 4.79 Å². The highest BCUT2D eigenvalue weighted by molar-refractivity contribution is 5.93. The van der Waals surface area contributed by atoms with Crippen molar-refractivity contribution in [2.75, 3.05) is 40.9 Å². The molecule has 0 saturated carbocycles. The number of nitrogens with zero attached hydrogens (tertiary/aromatic N) is 3. The van der Waals surface area contributed by atoms with Crippen LogP contribution >= 0.6 is 0 Å². The first-order chi connectivity index (χ1) is 20.4. The summed E-state index contributed by atoms with van der Waals surface area (Å²) in [4.78, 5) is 42.9. The zero-order chi connectivity index (χ0) is 31.6. The molecule has 230 valence electrons. The lowest BCUT2D eigenvalue weighted by Gasteiger charge is -2.33. The van der Waals surface area contributed by atoms with Gasteiger partial charge in [-0.1, -0.05) is 66.7 Å². The molecule has 0 fully saturated rings. The number of carbonyl (C=O) groups excluding carboxylic acids is 2. The summed E-state index contributed by atoms with van der Waals surface area (Å²) in [6.07, 6.45) is 3.21. The Morgan fingerprint density at radius 2 is 1.63 bits per heavy atom. The summed E-state index contributed by atoms with van der Waals surface area (Å²) >= 11 is 0. The van der Waals surface area contributed by atoms with Crippen LogP contribution in [-0.2, 0) is 22.4 Å². The summed E-state index contributed by atoms with van der Waals surface area (Å²) in [7, 11) is 4.84. The summed E-state index contributed by atoms with van der Waals surface area (Å²) in [5.41, 5.74) is 1.14. The van der Waals surface area contributed by atoms with Gasteiger partial charge in [-0.2, -0.15) is 0 Å². The first kappa shape index (κ1) is 33.1. The van der Waals surface area contributed by atoms with Gasteiger partial charge in [0.05, 0.1) is 6.61 Å². The third-order valence-corrected chi connectivity index (χ3v) is 7.83. The molecular weight excluding hydrogens is 546 g/mol. The monoisotopic (exact) mass is 589 g/mol. The molecule has 0 unspecified atom stereocenters. The predicted molar refractivity (Wildman–Crippen MR) is 168 cm³/mol. The van der Waals surface area contributed by atoms with Crippen molar-refractivity contribution in [3.8, 4) is 5.75 Å². The molecule has 3 aromatic carbocycles. The van der Waals surface area contributed by atoms with E-state index in [-0.39, 0.29) is 25.0 Å². The zero-order valence-electron chi connectivity index (χ0n) is 25.7. The van der Waals surface area contributed by atoms with E-state index in [1.807, 2.05) is 66.7 Å². The van der Waals surface area contributed by atoms with Crippen LogP contribution < -0.4 is 4.74 Å². The molecule has 0 spiro atoms. The first-order valence-corrected chi connectivity index (χ1v) is 14.4. The molecule has 43 heavy (non-hydrogen) atoms. The van der Waals surface area contributed by atoms with Crippen LogP contribution in [0.1, 0.15) is 31.4 Å². The fourth-order valence-electron chi connectivity index (χ4n) is 4.75. The van der Waals surface area contributed by atoms with Gasteiger partial charge in [0.1, 0.15) is 18.4 Å². The molecule has 0 aliphatic rings. The maximum absolute atomic E-state index is 13.9. The highest BCUT2D eigenvalue weighted by atomic mass is 16.5. The van der Waals surface area contributed by atoms with E-state index in [2.05, 4.69) is 0 Å². The number of aliphatic hydroxyl groups is 1. The van der Waals surface area contributed by atoms with Crippen molar-refractivity contribution in [3.05, 3.63) is 90.0 Å². The van der Waals surface area contributed by atoms with Crippen molar-refractivity contribution < 1.29 is 29.3 Å². The molecule has 0 saturated heterocycles. The van der Waals surface area contributed by atoms with Crippen molar-refractivity contribution in [1.29, 1.82) is 0 Å². The Kier molecular flexibility index (Phi) is 11.7. The van der Waals surface area contributed by atoms with Crippen LogP contribution in [-0.4, -0.2) is 95.3 Å². The van der Waals surface area contributed by atoms with Crippen molar-refractivity contribution in [2.45, 2.75) is 44.7 Å². The molecule has 3 rings (SSSR count). The van der Waals surface area contributed by atoms with Gasteiger partial charge < -0.3 is 29.6 Å².